The summed E-state index contributed by atoms with van der Waals surface area (Å²) in [5, 5.41) is 5.76. The Bertz CT molecular complexity index is 682. The van der Waals surface area contributed by atoms with Gasteiger partial charge in [-0.05, 0) is 31.0 Å². The van der Waals surface area contributed by atoms with Crippen molar-refractivity contribution in [1.82, 2.24) is 10.3 Å². The zero-order valence-electron chi connectivity index (χ0n) is 12.1. The third-order valence-corrected chi connectivity index (χ3v) is 5.63. The van der Waals surface area contributed by atoms with E-state index in [0.29, 0.717) is 18.8 Å². The van der Waals surface area contributed by atoms with Gasteiger partial charge in [0.25, 0.3) is 5.91 Å². The van der Waals surface area contributed by atoms with Gasteiger partial charge in [-0.2, -0.15) is 0 Å². The molecule has 1 heterocycles. The monoisotopic (exact) mass is 379 g/mol. The van der Waals surface area contributed by atoms with Crippen LogP contribution in [-0.2, 0) is 11.8 Å². The van der Waals surface area contributed by atoms with Gasteiger partial charge in [0, 0.05) is 28.2 Å². The molecule has 1 amide bonds. The standard InChI is InChI=1S/C16H18BrN3OS/c17-12-4-2-1-3-11(12)16(6-7-16)10-19-15(21)13-9-22-14(20-13)5-8-18/h1-4,9H,5-8,10,18H2,(H,19,21). The summed E-state index contributed by atoms with van der Waals surface area (Å²) in [6.45, 7) is 1.21. The SMILES string of the molecule is NCCc1nc(C(=O)NCC2(c3ccccc3Br)CC2)cs1. The zero-order chi connectivity index (χ0) is 15.6. The second-order valence-electron chi connectivity index (χ2n) is 5.61. The number of amides is 1. The van der Waals surface area contributed by atoms with Crippen LogP contribution in [0.5, 0.6) is 0 Å². The van der Waals surface area contributed by atoms with E-state index in [2.05, 4.69) is 38.4 Å². The van der Waals surface area contributed by atoms with E-state index in [0.717, 1.165) is 28.7 Å². The van der Waals surface area contributed by atoms with E-state index >= 15 is 0 Å². The number of halogens is 1. The minimum absolute atomic E-state index is 0.0753. The van der Waals surface area contributed by atoms with E-state index in [1.165, 1.54) is 16.9 Å². The summed E-state index contributed by atoms with van der Waals surface area (Å²) in [5.41, 5.74) is 7.36. The molecule has 2 aromatic rings. The maximum absolute atomic E-state index is 12.2. The van der Waals surface area contributed by atoms with Crippen molar-refractivity contribution in [2.45, 2.75) is 24.7 Å². The largest absolute Gasteiger partial charge is 0.350 e. The predicted molar refractivity (Wildman–Crippen MR) is 92.3 cm³/mol. The average Bonchev–Trinajstić information content (AvgIpc) is 3.16. The zero-order valence-corrected chi connectivity index (χ0v) is 14.5. The average molecular weight is 380 g/mol. The summed E-state index contributed by atoms with van der Waals surface area (Å²) in [6, 6.07) is 8.24. The maximum Gasteiger partial charge on any atom is 0.270 e. The van der Waals surface area contributed by atoms with E-state index in [-0.39, 0.29) is 11.3 Å². The number of hydrogen-bond donors (Lipinski definition) is 2. The van der Waals surface area contributed by atoms with Gasteiger partial charge in [-0.1, -0.05) is 34.1 Å². The first-order chi connectivity index (χ1) is 10.6. The Kier molecular flexibility index (Phi) is 4.61. The van der Waals surface area contributed by atoms with Gasteiger partial charge in [0.05, 0.1) is 5.01 Å². The fraction of sp³-hybridized carbons (Fsp3) is 0.375. The van der Waals surface area contributed by atoms with Gasteiger partial charge in [-0.15, -0.1) is 11.3 Å². The molecule has 6 heteroatoms. The van der Waals surface area contributed by atoms with Crippen LogP contribution >= 0.6 is 27.3 Å². The van der Waals surface area contributed by atoms with E-state index in [4.69, 9.17) is 5.73 Å². The fourth-order valence-corrected chi connectivity index (χ4v) is 4.08. The number of rotatable bonds is 6. The molecular formula is C16H18BrN3OS. The number of carbonyl (C=O) groups is 1. The number of carbonyl (C=O) groups excluding carboxylic acids is 1. The second kappa shape index (κ2) is 6.48. The molecule has 4 nitrogen and oxygen atoms in total. The van der Waals surface area contributed by atoms with E-state index in [1.54, 1.807) is 5.38 Å². The van der Waals surface area contributed by atoms with Gasteiger partial charge in [-0.3, -0.25) is 4.79 Å². The maximum atomic E-state index is 12.2. The van der Waals surface area contributed by atoms with Crippen LogP contribution in [0, 0.1) is 0 Å². The smallest absolute Gasteiger partial charge is 0.270 e. The highest BCUT2D eigenvalue weighted by Crippen LogP contribution is 2.49. The molecule has 0 saturated heterocycles. The third-order valence-electron chi connectivity index (χ3n) is 4.03. The molecule has 0 atom stereocenters. The number of thiazole rings is 1. The number of nitrogens with two attached hydrogens (primary N) is 1. The van der Waals surface area contributed by atoms with Crippen molar-refractivity contribution in [3.8, 4) is 0 Å². The van der Waals surface area contributed by atoms with Gasteiger partial charge >= 0.3 is 0 Å². The molecule has 1 fully saturated rings. The van der Waals surface area contributed by atoms with Crippen LogP contribution < -0.4 is 11.1 Å². The summed E-state index contributed by atoms with van der Waals surface area (Å²) in [7, 11) is 0. The van der Waals surface area contributed by atoms with Crippen molar-refractivity contribution in [1.29, 1.82) is 0 Å². The molecule has 3 rings (SSSR count). The Morgan fingerprint density at radius 3 is 2.86 bits per heavy atom. The summed E-state index contributed by atoms with van der Waals surface area (Å²) < 4.78 is 1.11. The van der Waals surface area contributed by atoms with E-state index in [9.17, 15) is 4.79 Å². The molecule has 0 radical (unpaired) electrons. The summed E-state index contributed by atoms with van der Waals surface area (Å²) in [6.07, 6.45) is 2.93. The third kappa shape index (κ3) is 3.24. The van der Waals surface area contributed by atoms with Crippen LogP contribution in [0.1, 0.15) is 33.9 Å². The molecule has 1 aromatic heterocycles. The highest BCUT2D eigenvalue weighted by molar-refractivity contribution is 9.10. The first-order valence-electron chi connectivity index (χ1n) is 7.32. The first-order valence-corrected chi connectivity index (χ1v) is 8.99. The minimum Gasteiger partial charge on any atom is -0.350 e. The Morgan fingerprint density at radius 1 is 1.41 bits per heavy atom. The Hall–Kier alpha value is -1.24. The molecule has 0 unspecified atom stereocenters. The van der Waals surface area contributed by atoms with Crippen LogP contribution in [0.3, 0.4) is 0 Å². The quantitative estimate of drug-likeness (QED) is 0.810. The molecule has 1 aliphatic rings. The van der Waals surface area contributed by atoms with Gasteiger partial charge in [0.1, 0.15) is 5.69 Å². The lowest BCUT2D eigenvalue weighted by Crippen LogP contribution is -2.32. The lowest BCUT2D eigenvalue weighted by Gasteiger charge is -2.17. The normalized spacial score (nSPS) is 15.5. The second-order valence-corrected chi connectivity index (χ2v) is 7.41. The van der Waals surface area contributed by atoms with Crippen LogP contribution in [0.4, 0.5) is 0 Å². The van der Waals surface area contributed by atoms with Crippen molar-refractivity contribution in [3.05, 3.63) is 50.4 Å². The van der Waals surface area contributed by atoms with Crippen LogP contribution in [0.15, 0.2) is 34.1 Å². The highest BCUT2D eigenvalue weighted by Gasteiger charge is 2.45. The molecule has 0 spiro atoms. The van der Waals surface area contributed by atoms with Gasteiger partial charge in [-0.25, -0.2) is 4.98 Å². The molecular weight excluding hydrogens is 362 g/mol. The predicted octanol–water partition coefficient (Wildman–Crippen LogP) is 2.87. The molecule has 0 aliphatic heterocycles. The van der Waals surface area contributed by atoms with E-state index < -0.39 is 0 Å². The number of aromatic nitrogens is 1. The van der Waals surface area contributed by atoms with Crippen molar-refractivity contribution in [2.24, 2.45) is 5.73 Å². The summed E-state index contributed by atoms with van der Waals surface area (Å²) in [4.78, 5) is 16.6. The molecule has 3 N–H and O–H groups in total. The fourth-order valence-electron chi connectivity index (χ4n) is 2.58. The van der Waals surface area contributed by atoms with Gasteiger partial charge in [0.2, 0.25) is 0 Å². The van der Waals surface area contributed by atoms with Crippen LogP contribution in [0.25, 0.3) is 0 Å². The highest BCUT2D eigenvalue weighted by atomic mass is 79.9. The van der Waals surface area contributed by atoms with Crippen molar-refractivity contribution < 1.29 is 4.79 Å². The van der Waals surface area contributed by atoms with Crippen molar-refractivity contribution in [3.63, 3.8) is 0 Å². The number of nitrogens with one attached hydrogen (secondary N) is 1. The molecule has 22 heavy (non-hydrogen) atoms. The van der Waals surface area contributed by atoms with Crippen LogP contribution in [0.2, 0.25) is 0 Å². The number of hydrogen-bond acceptors (Lipinski definition) is 4. The molecule has 116 valence electrons. The van der Waals surface area contributed by atoms with E-state index in [1.807, 2.05) is 12.1 Å². The number of benzene rings is 1. The lowest BCUT2D eigenvalue weighted by molar-refractivity contribution is 0.0945. The minimum atomic E-state index is -0.0992. The Balaban J connectivity index is 1.64. The Labute approximate surface area is 142 Å². The lowest BCUT2D eigenvalue weighted by atomic mass is 9.96. The summed E-state index contributed by atoms with van der Waals surface area (Å²) >= 11 is 5.10. The van der Waals surface area contributed by atoms with Crippen molar-refractivity contribution in [2.75, 3.05) is 13.1 Å². The van der Waals surface area contributed by atoms with Gasteiger partial charge < -0.3 is 11.1 Å². The molecule has 0 bridgehead atoms. The van der Waals surface area contributed by atoms with Gasteiger partial charge in [0.15, 0.2) is 0 Å². The topological polar surface area (TPSA) is 68.0 Å². The van der Waals surface area contributed by atoms with Crippen molar-refractivity contribution >= 4 is 33.2 Å². The van der Waals surface area contributed by atoms with Crippen LogP contribution in [-0.4, -0.2) is 24.0 Å². The summed E-state index contributed by atoms with van der Waals surface area (Å²) in [5.74, 6) is -0.0992. The molecule has 1 aromatic carbocycles. The molecule has 1 aliphatic carbocycles. The first kappa shape index (κ1) is 15.6. The Morgan fingerprint density at radius 2 is 2.18 bits per heavy atom. The number of nitrogens with zero attached hydrogens (tertiary/aromatic N) is 1. The molecule has 1 saturated carbocycles.